The average Bonchev–Trinajstić information content (AvgIpc) is 2.36. The minimum absolute atomic E-state index is 0.0690. The van der Waals surface area contributed by atoms with E-state index in [2.05, 4.69) is 5.32 Å². The predicted molar refractivity (Wildman–Crippen MR) is 64.9 cm³/mol. The highest BCUT2D eigenvalue weighted by Gasteiger charge is 2.30. The molecule has 0 aromatic heterocycles. The van der Waals surface area contributed by atoms with Gasteiger partial charge in [-0.25, -0.2) is 8.78 Å². The van der Waals surface area contributed by atoms with Gasteiger partial charge in [0.15, 0.2) is 0 Å². The highest BCUT2D eigenvalue weighted by molar-refractivity contribution is 6.12. The van der Waals surface area contributed by atoms with Crippen LogP contribution in [0.5, 0.6) is 0 Å². The average molecular weight is 280 g/mol. The Morgan fingerprint density at radius 2 is 2.05 bits per heavy atom. The zero-order valence-corrected chi connectivity index (χ0v) is 10.4. The number of amides is 3. The summed E-state index contributed by atoms with van der Waals surface area (Å²) in [6.45, 7) is 0.768. The molecule has 1 saturated heterocycles. The van der Waals surface area contributed by atoms with Gasteiger partial charge in [-0.15, -0.1) is 0 Å². The molecule has 1 aliphatic heterocycles. The molecule has 1 fully saturated rings. The standard InChI is InChI=1S/C13H10F2N2O3/c1-7(18)17-6-12(19)16-11(13(17)20)4-8-2-3-9(14)5-10(8)15/h2-5H,6H2,1H3,(H,16,19)/b11-4+. The van der Waals surface area contributed by atoms with E-state index in [4.69, 9.17) is 0 Å². The van der Waals surface area contributed by atoms with E-state index in [0.717, 1.165) is 30.0 Å². The van der Waals surface area contributed by atoms with E-state index in [-0.39, 0.29) is 17.8 Å². The molecule has 0 atom stereocenters. The molecule has 0 radical (unpaired) electrons. The summed E-state index contributed by atoms with van der Waals surface area (Å²) < 4.78 is 26.3. The van der Waals surface area contributed by atoms with E-state index in [9.17, 15) is 23.2 Å². The monoisotopic (exact) mass is 280 g/mol. The predicted octanol–water partition coefficient (Wildman–Crippen LogP) is 0.811. The lowest BCUT2D eigenvalue weighted by Gasteiger charge is -2.25. The molecule has 1 aromatic carbocycles. The van der Waals surface area contributed by atoms with Crippen LogP contribution in [0.25, 0.3) is 6.08 Å². The van der Waals surface area contributed by atoms with Crippen LogP contribution < -0.4 is 5.32 Å². The van der Waals surface area contributed by atoms with Gasteiger partial charge in [0.1, 0.15) is 23.9 Å². The Morgan fingerprint density at radius 1 is 1.35 bits per heavy atom. The lowest BCUT2D eigenvalue weighted by atomic mass is 10.1. The Kier molecular flexibility index (Phi) is 3.60. The highest BCUT2D eigenvalue weighted by Crippen LogP contribution is 2.15. The van der Waals surface area contributed by atoms with Crippen LogP contribution in [0.2, 0.25) is 0 Å². The van der Waals surface area contributed by atoms with Crippen LogP contribution >= 0.6 is 0 Å². The molecule has 1 aromatic rings. The topological polar surface area (TPSA) is 66.5 Å². The fraction of sp³-hybridized carbons (Fsp3) is 0.154. The molecular formula is C13H10F2N2O3. The smallest absolute Gasteiger partial charge is 0.277 e. The molecule has 0 spiro atoms. The summed E-state index contributed by atoms with van der Waals surface area (Å²) in [5.41, 5.74) is -0.303. The van der Waals surface area contributed by atoms with Crippen LogP contribution in [0.4, 0.5) is 8.78 Å². The number of imide groups is 1. The summed E-state index contributed by atoms with van der Waals surface area (Å²) in [6.07, 6.45) is 1.06. The lowest BCUT2D eigenvalue weighted by Crippen LogP contribution is -2.51. The molecule has 7 heteroatoms. The number of hydrogen-bond acceptors (Lipinski definition) is 3. The van der Waals surface area contributed by atoms with Crippen LogP contribution in [0, 0.1) is 11.6 Å². The van der Waals surface area contributed by atoms with Gasteiger partial charge in [0.05, 0.1) is 0 Å². The fourth-order valence-electron chi connectivity index (χ4n) is 1.73. The summed E-state index contributed by atoms with van der Waals surface area (Å²) in [7, 11) is 0. The number of hydrogen-bond donors (Lipinski definition) is 1. The van der Waals surface area contributed by atoms with Crippen LogP contribution in [0.1, 0.15) is 12.5 Å². The summed E-state index contributed by atoms with van der Waals surface area (Å²) in [5, 5.41) is 2.26. The van der Waals surface area contributed by atoms with Crippen molar-refractivity contribution in [2.75, 3.05) is 6.54 Å². The van der Waals surface area contributed by atoms with E-state index in [1.54, 1.807) is 0 Å². The Hall–Kier alpha value is -2.57. The number of nitrogens with zero attached hydrogens (tertiary/aromatic N) is 1. The number of carbonyl (C=O) groups excluding carboxylic acids is 3. The minimum atomic E-state index is -0.875. The molecule has 104 valence electrons. The van der Waals surface area contributed by atoms with E-state index < -0.39 is 29.4 Å². The van der Waals surface area contributed by atoms with Gasteiger partial charge in [-0.05, 0) is 18.2 Å². The summed E-state index contributed by atoms with van der Waals surface area (Å²) in [4.78, 5) is 35.3. The van der Waals surface area contributed by atoms with Gasteiger partial charge >= 0.3 is 0 Å². The number of piperazine rings is 1. The number of nitrogens with one attached hydrogen (secondary N) is 1. The Bertz CT molecular complexity index is 641. The van der Waals surface area contributed by atoms with Crippen molar-refractivity contribution in [2.24, 2.45) is 0 Å². The molecule has 20 heavy (non-hydrogen) atoms. The summed E-state index contributed by atoms with van der Waals surface area (Å²) >= 11 is 0. The first-order valence-electron chi connectivity index (χ1n) is 5.67. The number of rotatable bonds is 1. The van der Waals surface area contributed by atoms with Crippen molar-refractivity contribution in [1.82, 2.24) is 10.2 Å². The Morgan fingerprint density at radius 3 is 2.65 bits per heavy atom. The molecule has 2 rings (SSSR count). The molecule has 5 nitrogen and oxygen atoms in total. The minimum Gasteiger partial charge on any atom is -0.320 e. The zero-order valence-electron chi connectivity index (χ0n) is 10.4. The van der Waals surface area contributed by atoms with Crippen molar-refractivity contribution in [3.63, 3.8) is 0 Å². The molecular weight excluding hydrogens is 270 g/mol. The maximum Gasteiger partial charge on any atom is 0.277 e. The van der Waals surface area contributed by atoms with E-state index in [1.807, 2.05) is 0 Å². The molecule has 3 amide bonds. The molecule has 0 saturated carbocycles. The number of halogens is 2. The van der Waals surface area contributed by atoms with E-state index >= 15 is 0 Å². The maximum atomic E-state index is 13.5. The van der Waals surface area contributed by atoms with Crippen LogP contribution in [-0.4, -0.2) is 29.2 Å². The molecule has 1 aliphatic rings. The normalized spacial score (nSPS) is 17.4. The second kappa shape index (κ2) is 5.20. The Labute approximate surface area is 112 Å². The second-order valence-corrected chi connectivity index (χ2v) is 4.18. The first-order chi connectivity index (χ1) is 9.38. The lowest BCUT2D eigenvalue weighted by molar-refractivity contribution is -0.147. The van der Waals surface area contributed by atoms with Gasteiger partial charge in [-0.2, -0.15) is 0 Å². The third-order valence-electron chi connectivity index (χ3n) is 2.69. The van der Waals surface area contributed by atoms with Crippen LogP contribution in [0.3, 0.4) is 0 Å². The van der Waals surface area contributed by atoms with Crippen LogP contribution in [0.15, 0.2) is 23.9 Å². The first kappa shape index (κ1) is 13.9. The first-order valence-corrected chi connectivity index (χ1v) is 5.67. The second-order valence-electron chi connectivity index (χ2n) is 4.18. The van der Waals surface area contributed by atoms with E-state index in [0.29, 0.717) is 6.07 Å². The van der Waals surface area contributed by atoms with Crippen molar-refractivity contribution in [2.45, 2.75) is 6.92 Å². The summed E-state index contributed by atoms with van der Waals surface area (Å²) in [6, 6.07) is 2.81. The molecule has 0 unspecified atom stereocenters. The van der Waals surface area contributed by atoms with Gasteiger partial charge in [-0.1, -0.05) is 0 Å². The van der Waals surface area contributed by atoms with Crippen molar-refractivity contribution < 1.29 is 23.2 Å². The maximum absolute atomic E-state index is 13.5. The van der Waals surface area contributed by atoms with Crippen molar-refractivity contribution in [3.8, 4) is 0 Å². The molecule has 1 heterocycles. The van der Waals surface area contributed by atoms with Gasteiger partial charge in [0, 0.05) is 18.6 Å². The third-order valence-corrected chi connectivity index (χ3v) is 2.69. The van der Waals surface area contributed by atoms with Crippen LogP contribution in [-0.2, 0) is 14.4 Å². The van der Waals surface area contributed by atoms with E-state index in [1.165, 1.54) is 0 Å². The van der Waals surface area contributed by atoms with Crippen molar-refractivity contribution in [1.29, 1.82) is 0 Å². The molecule has 0 bridgehead atoms. The third kappa shape index (κ3) is 2.71. The van der Waals surface area contributed by atoms with Gasteiger partial charge < -0.3 is 5.32 Å². The van der Waals surface area contributed by atoms with Gasteiger partial charge in [0.25, 0.3) is 5.91 Å². The highest BCUT2D eigenvalue weighted by atomic mass is 19.1. The van der Waals surface area contributed by atoms with Gasteiger partial charge in [-0.3, -0.25) is 19.3 Å². The largest absolute Gasteiger partial charge is 0.320 e. The SMILES string of the molecule is CC(=O)N1CC(=O)N/C(=C/c2ccc(F)cc2F)C1=O. The molecule has 1 N–H and O–H groups in total. The molecule has 0 aliphatic carbocycles. The fourth-order valence-corrected chi connectivity index (χ4v) is 1.73. The van der Waals surface area contributed by atoms with Gasteiger partial charge in [0.2, 0.25) is 11.8 Å². The zero-order chi connectivity index (χ0) is 14.9. The quantitative estimate of drug-likeness (QED) is 0.774. The summed E-state index contributed by atoms with van der Waals surface area (Å²) in [5.74, 6) is -3.52. The number of benzene rings is 1. The Balaban J connectivity index is 2.39. The van der Waals surface area contributed by atoms with Crippen molar-refractivity contribution in [3.05, 3.63) is 41.1 Å². The number of carbonyl (C=O) groups is 3. The van der Waals surface area contributed by atoms with Crippen molar-refractivity contribution >= 4 is 23.8 Å².